The lowest BCUT2D eigenvalue weighted by Gasteiger charge is -2.27. The van der Waals surface area contributed by atoms with E-state index in [1.165, 1.54) is 17.2 Å². The maximum atomic E-state index is 13.6. The van der Waals surface area contributed by atoms with Crippen molar-refractivity contribution in [2.75, 3.05) is 12.4 Å². The van der Waals surface area contributed by atoms with E-state index in [-0.39, 0.29) is 11.9 Å². The molecule has 0 aromatic heterocycles. The van der Waals surface area contributed by atoms with E-state index in [1.807, 2.05) is 12.1 Å². The number of anilines is 1. The number of aryl methyl sites for hydroxylation is 1. The summed E-state index contributed by atoms with van der Waals surface area (Å²) in [6.45, 7) is 0. The number of hydrogen-bond donors (Lipinski definition) is 1. The molecular formula is C17H17BrFNO. The van der Waals surface area contributed by atoms with Crippen molar-refractivity contribution in [2.24, 2.45) is 0 Å². The Kier molecular flexibility index (Phi) is 4.15. The predicted octanol–water partition coefficient (Wildman–Crippen LogP) is 5.09. The fraction of sp³-hybridized carbons (Fsp3) is 0.294. The summed E-state index contributed by atoms with van der Waals surface area (Å²) in [6, 6.07) is 11.6. The third-order valence-electron chi connectivity index (χ3n) is 3.92. The molecule has 1 aliphatic carbocycles. The van der Waals surface area contributed by atoms with Gasteiger partial charge in [-0.2, -0.15) is 0 Å². The first-order valence-corrected chi connectivity index (χ1v) is 7.85. The molecule has 0 amide bonds. The van der Waals surface area contributed by atoms with Gasteiger partial charge >= 0.3 is 0 Å². The van der Waals surface area contributed by atoms with Crippen LogP contribution in [-0.2, 0) is 6.42 Å². The Balaban J connectivity index is 1.86. The van der Waals surface area contributed by atoms with E-state index in [9.17, 15) is 4.39 Å². The second kappa shape index (κ2) is 6.06. The quantitative estimate of drug-likeness (QED) is 0.833. The minimum atomic E-state index is -0.245. The van der Waals surface area contributed by atoms with Gasteiger partial charge in [-0.25, -0.2) is 4.39 Å². The van der Waals surface area contributed by atoms with E-state index in [4.69, 9.17) is 4.74 Å². The molecule has 0 fully saturated rings. The van der Waals surface area contributed by atoms with Gasteiger partial charge in [-0.15, -0.1) is 0 Å². The van der Waals surface area contributed by atoms with Gasteiger partial charge in [-0.3, -0.25) is 0 Å². The van der Waals surface area contributed by atoms with Gasteiger partial charge in [-0.05, 0) is 76.7 Å². The third-order valence-corrected chi connectivity index (χ3v) is 4.57. The molecule has 2 aromatic rings. The summed E-state index contributed by atoms with van der Waals surface area (Å²) >= 11 is 3.18. The van der Waals surface area contributed by atoms with Crippen LogP contribution in [0, 0.1) is 5.82 Å². The second-order valence-corrected chi connectivity index (χ2v) is 6.14. The lowest BCUT2D eigenvalue weighted by atomic mass is 9.87. The number of methoxy groups -OCH3 is 1. The van der Waals surface area contributed by atoms with Crippen molar-refractivity contribution in [2.45, 2.75) is 25.3 Å². The van der Waals surface area contributed by atoms with Crippen molar-refractivity contribution in [3.8, 4) is 5.75 Å². The average molecular weight is 350 g/mol. The van der Waals surface area contributed by atoms with Crippen LogP contribution < -0.4 is 10.1 Å². The molecule has 1 unspecified atom stereocenters. The number of halogens is 2. The van der Waals surface area contributed by atoms with Crippen LogP contribution in [0.2, 0.25) is 0 Å². The van der Waals surface area contributed by atoms with E-state index in [1.54, 1.807) is 13.2 Å². The zero-order valence-electron chi connectivity index (χ0n) is 11.8. The van der Waals surface area contributed by atoms with Gasteiger partial charge in [0.2, 0.25) is 0 Å². The van der Waals surface area contributed by atoms with Crippen LogP contribution in [0.4, 0.5) is 10.1 Å². The molecule has 0 saturated carbocycles. The fourth-order valence-corrected chi connectivity index (χ4v) is 3.10. The Hall–Kier alpha value is -1.55. The second-order valence-electron chi connectivity index (χ2n) is 5.28. The molecule has 1 aliphatic rings. The maximum Gasteiger partial charge on any atom is 0.139 e. The average Bonchev–Trinajstić information content (AvgIpc) is 2.50. The highest BCUT2D eigenvalue weighted by molar-refractivity contribution is 9.10. The van der Waals surface area contributed by atoms with Gasteiger partial charge < -0.3 is 10.1 Å². The minimum absolute atomic E-state index is 0.222. The number of hydrogen-bond acceptors (Lipinski definition) is 2. The van der Waals surface area contributed by atoms with Crippen LogP contribution >= 0.6 is 15.9 Å². The number of nitrogens with one attached hydrogen (secondary N) is 1. The highest BCUT2D eigenvalue weighted by Crippen LogP contribution is 2.34. The summed E-state index contributed by atoms with van der Waals surface area (Å²) in [4.78, 5) is 0. The molecule has 0 saturated heterocycles. The summed E-state index contributed by atoms with van der Waals surface area (Å²) in [7, 11) is 1.69. The Morgan fingerprint density at radius 3 is 2.86 bits per heavy atom. The molecule has 1 N–H and O–H groups in total. The number of rotatable bonds is 3. The van der Waals surface area contributed by atoms with Gasteiger partial charge in [0.25, 0.3) is 0 Å². The van der Waals surface area contributed by atoms with E-state index < -0.39 is 0 Å². The molecule has 0 radical (unpaired) electrons. The van der Waals surface area contributed by atoms with Crippen molar-refractivity contribution < 1.29 is 9.13 Å². The Bertz CT molecular complexity index is 659. The predicted molar refractivity (Wildman–Crippen MR) is 86.4 cm³/mol. The lowest BCUT2D eigenvalue weighted by Crippen LogP contribution is -2.17. The molecule has 0 spiro atoms. The molecule has 3 rings (SSSR count). The normalized spacial score (nSPS) is 17.2. The fourth-order valence-electron chi connectivity index (χ4n) is 2.85. The van der Waals surface area contributed by atoms with E-state index in [2.05, 4.69) is 33.4 Å². The van der Waals surface area contributed by atoms with Crippen LogP contribution in [0.25, 0.3) is 0 Å². The summed E-state index contributed by atoms with van der Waals surface area (Å²) < 4.78 is 19.4. The zero-order valence-corrected chi connectivity index (χ0v) is 13.4. The van der Waals surface area contributed by atoms with E-state index in [0.29, 0.717) is 4.47 Å². The molecule has 21 heavy (non-hydrogen) atoms. The van der Waals surface area contributed by atoms with Gasteiger partial charge in [0.1, 0.15) is 11.6 Å². The SMILES string of the molecule is COc1ccc2c(c1)CCCC2Nc1ccc(Br)c(F)c1. The molecule has 0 heterocycles. The Morgan fingerprint density at radius 2 is 2.10 bits per heavy atom. The molecule has 4 heteroatoms. The standard InChI is InChI=1S/C17H17BrFNO/c1-21-13-6-7-14-11(9-13)3-2-4-17(14)20-12-5-8-15(18)16(19)10-12/h5-10,17,20H,2-4H2,1H3. The number of fused-ring (bicyclic) bond motifs is 1. The largest absolute Gasteiger partial charge is 0.497 e. The molecule has 110 valence electrons. The van der Waals surface area contributed by atoms with Crippen LogP contribution in [0.3, 0.4) is 0 Å². The lowest BCUT2D eigenvalue weighted by molar-refractivity contribution is 0.413. The van der Waals surface area contributed by atoms with Crippen molar-refractivity contribution in [1.82, 2.24) is 0 Å². The molecule has 0 aliphatic heterocycles. The summed E-state index contributed by atoms with van der Waals surface area (Å²) in [5, 5.41) is 3.44. The first-order valence-electron chi connectivity index (χ1n) is 7.06. The zero-order chi connectivity index (χ0) is 14.8. The van der Waals surface area contributed by atoms with Crippen LogP contribution in [0.5, 0.6) is 5.75 Å². The first kappa shape index (κ1) is 14.4. The monoisotopic (exact) mass is 349 g/mol. The molecular weight excluding hydrogens is 333 g/mol. The van der Waals surface area contributed by atoms with Gasteiger partial charge in [0.15, 0.2) is 0 Å². The Morgan fingerprint density at radius 1 is 1.24 bits per heavy atom. The minimum Gasteiger partial charge on any atom is -0.497 e. The maximum absolute atomic E-state index is 13.6. The summed E-state index contributed by atoms with van der Waals surface area (Å²) in [5.41, 5.74) is 3.41. The molecule has 1 atom stereocenters. The molecule has 2 aromatic carbocycles. The number of ether oxygens (including phenoxy) is 1. The Labute approximate surface area is 132 Å². The smallest absolute Gasteiger partial charge is 0.139 e. The van der Waals surface area contributed by atoms with Gasteiger partial charge in [-0.1, -0.05) is 6.07 Å². The van der Waals surface area contributed by atoms with Crippen molar-refractivity contribution >= 4 is 21.6 Å². The van der Waals surface area contributed by atoms with Crippen molar-refractivity contribution in [1.29, 1.82) is 0 Å². The summed E-state index contributed by atoms with van der Waals surface area (Å²) in [6.07, 6.45) is 3.24. The highest BCUT2D eigenvalue weighted by Gasteiger charge is 2.20. The summed E-state index contributed by atoms with van der Waals surface area (Å²) in [5.74, 6) is 0.648. The number of benzene rings is 2. The topological polar surface area (TPSA) is 21.3 Å². The van der Waals surface area contributed by atoms with Crippen LogP contribution in [0.1, 0.15) is 30.0 Å². The van der Waals surface area contributed by atoms with Gasteiger partial charge in [0, 0.05) is 5.69 Å². The van der Waals surface area contributed by atoms with Gasteiger partial charge in [0.05, 0.1) is 17.6 Å². The first-order chi connectivity index (χ1) is 10.2. The van der Waals surface area contributed by atoms with Crippen molar-refractivity contribution in [3.05, 3.63) is 57.8 Å². The molecule has 2 nitrogen and oxygen atoms in total. The van der Waals surface area contributed by atoms with Crippen LogP contribution in [0.15, 0.2) is 40.9 Å². The third kappa shape index (κ3) is 3.05. The van der Waals surface area contributed by atoms with E-state index in [0.717, 1.165) is 30.7 Å². The van der Waals surface area contributed by atoms with E-state index >= 15 is 0 Å². The van der Waals surface area contributed by atoms with Crippen LogP contribution in [-0.4, -0.2) is 7.11 Å². The highest BCUT2D eigenvalue weighted by atomic mass is 79.9. The van der Waals surface area contributed by atoms with Crippen molar-refractivity contribution in [3.63, 3.8) is 0 Å². The molecule has 0 bridgehead atoms.